The van der Waals surface area contributed by atoms with Gasteiger partial charge in [-0.05, 0) is 30.2 Å². The highest BCUT2D eigenvalue weighted by molar-refractivity contribution is 5.62. The number of nitriles is 1. The molecule has 1 atom stereocenters. The highest BCUT2D eigenvalue weighted by Gasteiger charge is 2.26. The summed E-state index contributed by atoms with van der Waals surface area (Å²) in [5.41, 5.74) is 3.31. The summed E-state index contributed by atoms with van der Waals surface area (Å²) in [6, 6.07) is 18.5. The highest BCUT2D eigenvalue weighted by atomic mass is 16.5. The molecule has 0 saturated heterocycles. The topological polar surface area (TPSA) is 36.3 Å². The fraction of sp³-hybridized carbons (Fsp3) is 0.235. The van der Waals surface area contributed by atoms with E-state index in [1.807, 2.05) is 37.3 Å². The van der Waals surface area contributed by atoms with E-state index in [2.05, 4.69) is 29.2 Å². The van der Waals surface area contributed by atoms with Crippen LogP contribution in [0.3, 0.4) is 0 Å². The number of fused-ring (bicyclic) bond motifs is 1. The third-order valence-corrected chi connectivity index (χ3v) is 3.54. The Morgan fingerprint density at radius 1 is 1.25 bits per heavy atom. The van der Waals surface area contributed by atoms with Gasteiger partial charge >= 0.3 is 0 Å². The lowest BCUT2D eigenvalue weighted by molar-refractivity contribution is 0.198. The number of ether oxygens (including phenoxy) is 1. The molecular weight excluding hydrogens is 248 g/mol. The van der Waals surface area contributed by atoms with Crippen molar-refractivity contribution in [2.45, 2.75) is 13.0 Å². The van der Waals surface area contributed by atoms with Crippen LogP contribution in [0.15, 0.2) is 48.5 Å². The van der Waals surface area contributed by atoms with E-state index in [1.165, 1.54) is 0 Å². The maximum atomic E-state index is 9.02. The van der Waals surface area contributed by atoms with E-state index in [9.17, 15) is 0 Å². The van der Waals surface area contributed by atoms with Crippen LogP contribution in [0.1, 0.15) is 17.2 Å². The monoisotopic (exact) mass is 264 g/mol. The zero-order valence-electron chi connectivity index (χ0n) is 11.4. The minimum atomic E-state index is -0.0288. The van der Waals surface area contributed by atoms with Gasteiger partial charge in [0.25, 0.3) is 0 Å². The van der Waals surface area contributed by atoms with E-state index in [1.54, 1.807) is 0 Å². The fourth-order valence-corrected chi connectivity index (χ4v) is 2.54. The molecule has 0 saturated carbocycles. The summed E-state index contributed by atoms with van der Waals surface area (Å²) in [5, 5.41) is 9.02. The minimum absolute atomic E-state index is 0.0288. The zero-order valence-corrected chi connectivity index (χ0v) is 11.4. The van der Waals surface area contributed by atoms with Crippen molar-refractivity contribution >= 4 is 5.69 Å². The molecule has 0 fully saturated rings. The van der Waals surface area contributed by atoms with E-state index >= 15 is 0 Å². The van der Waals surface area contributed by atoms with Gasteiger partial charge in [-0.2, -0.15) is 5.26 Å². The molecule has 0 spiro atoms. The molecule has 2 aromatic carbocycles. The second-order valence-corrected chi connectivity index (χ2v) is 5.03. The summed E-state index contributed by atoms with van der Waals surface area (Å²) in [6.07, 6.45) is -0.0288. The Morgan fingerprint density at radius 2 is 2.05 bits per heavy atom. The first kappa shape index (κ1) is 12.6. The predicted molar refractivity (Wildman–Crippen MR) is 78.8 cm³/mol. The van der Waals surface area contributed by atoms with Crippen LogP contribution in [-0.2, 0) is 0 Å². The number of benzene rings is 2. The lowest BCUT2D eigenvalue weighted by atomic mass is 10.1. The SMILES string of the molecule is Cc1ccc2c(c1)OC(c1ccccc1)CN2CC#N. The van der Waals surface area contributed by atoms with Crippen molar-refractivity contribution in [3.8, 4) is 11.8 Å². The molecule has 1 heterocycles. The molecule has 3 rings (SSSR count). The van der Waals surface area contributed by atoms with Gasteiger partial charge in [0.05, 0.1) is 18.3 Å². The first-order valence-corrected chi connectivity index (χ1v) is 6.72. The van der Waals surface area contributed by atoms with Crippen molar-refractivity contribution in [3.63, 3.8) is 0 Å². The lowest BCUT2D eigenvalue weighted by Gasteiger charge is -2.35. The van der Waals surface area contributed by atoms with Crippen LogP contribution < -0.4 is 9.64 Å². The van der Waals surface area contributed by atoms with Crippen LogP contribution >= 0.6 is 0 Å². The second-order valence-electron chi connectivity index (χ2n) is 5.03. The Bertz CT molecular complexity index is 646. The van der Waals surface area contributed by atoms with Gasteiger partial charge in [0.1, 0.15) is 18.4 Å². The van der Waals surface area contributed by atoms with Gasteiger partial charge in [-0.1, -0.05) is 36.4 Å². The number of rotatable bonds is 2. The second kappa shape index (κ2) is 5.26. The molecule has 1 aliphatic heterocycles. The summed E-state index contributed by atoms with van der Waals surface area (Å²) in [7, 11) is 0. The molecule has 0 aliphatic carbocycles. The molecule has 3 nitrogen and oxygen atoms in total. The molecule has 1 unspecified atom stereocenters. The van der Waals surface area contributed by atoms with E-state index in [4.69, 9.17) is 10.00 Å². The van der Waals surface area contributed by atoms with Crippen LogP contribution in [-0.4, -0.2) is 13.1 Å². The van der Waals surface area contributed by atoms with Gasteiger partial charge in [-0.25, -0.2) is 0 Å². The molecular formula is C17H16N2O. The van der Waals surface area contributed by atoms with Crippen LogP contribution in [0.5, 0.6) is 5.75 Å². The summed E-state index contributed by atoms with van der Waals surface area (Å²) in [4.78, 5) is 2.08. The molecule has 100 valence electrons. The van der Waals surface area contributed by atoms with Crippen molar-refractivity contribution in [1.82, 2.24) is 0 Å². The van der Waals surface area contributed by atoms with Gasteiger partial charge in [0.15, 0.2) is 0 Å². The summed E-state index contributed by atoms with van der Waals surface area (Å²) in [5.74, 6) is 0.861. The standard InChI is InChI=1S/C17H16N2O/c1-13-7-8-15-16(11-13)20-17(12-19(15)10-9-18)14-5-3-2-4-6-14/h2-8,11,17H,10,12H2,1H3. The van der Waals surface area contributed by atoms with E-state index in [0.717, 1.165) is 22.6 Å². The molecule has 0 N–H and O–H groups in total. The van der Waals surface area contributed by atoms with Crippen molar-refractivity contribution in [3.05, 3.63) is 59.7 Å². The highest BCUT2D eigenvalue weighted by Crippen LogP contribution is 2.38. The largest absolute Gasteiger partial charge is 0.482 e. The van der Waals surface area contributed by atoms with Gasteiger partial charge in [0.2, 0.25) is 0 Å². The molecule has 2 aromatic rings. The molecule has 0 aromatic heterocycles. The smallest absolute Gasteiger partial charge is 0.143 e. The molecule has 0 bridgehead atoms. The summed E-state index contributed by atoms with van der Waals surface area (Å²) >= 11 is 0. The zero-order chi connectivity index (χ0) is 13.9. The van der Waals surface area contributed by atoms with Crippen molar-refractivity contribution < 1.29 is 4.74 Å². The van der Waals surface area contributed by atoms with Crippen molar-refractivity contribution in [2.75, 3.05) is 18.0 Å². The number of hydrogen-bond donors (Lipinski definition) is 0. The van der Waals surface area contributed by atoms with Crippen LogP contribution in [0.2, 0.25) is 0 Å². The first-order valence-electron chi connectivity index (χ1n) is 6.72. The first-order chi connectivity index (χ1) is 9.78. The average Bonchev–Trinajstić information content (AvgIpc) is 2.48. The van der Waals surface area contributed by atoms with Gasteiger partial charge in [-0.3, -0.25) is 0 Å². The molecule has 0 radical (unpaired) electrons. The summed E-state index contributed by atoms with van der Waals surface area (Å²) in [6.45, 7) is 3.13. The van der Waals surface area contributed by atoms with E-state index < -0.39 is 0 Å². The average molecular weight is 264 g/mol. The van der Waals surface area contributed by atoms with Gasteiger partial charge in [0, 0.05) is 0 Å². The van der Waals surface area contributed by atoms with Crippen LogP contribution in [0, 0.1) is 18.3 Å². The maximum Gasteiger partial charge on any atom is 0.143 e. The number of hydrogen-bond acceptors (Lipinski definition) is 3. The Hall–Kier alpha value is -2.47. The Kier molecular flexibility index (Phi) is 3.30. The minimum Gasteiger partial charge on any atom is -0.482 e. The van der Waals surface area contributed by atoms with Crippen LogP contribution in [0.4, 0.5) is 5.69 Å². The Labute approximate surface area is 119 Å². The van der Waals surface area contributed by atoms with E-state index in [-0.39, 0.29) is 6.10 Å². The number of nitrogens with zero attached hydrogens (tertiary/aromatic N) is 2. The third kappa shape index (κ3) is 2.33. The molecule has 20 heavy (non-hydrogen) atoms. The molecule has 0 amide bonds. The number of anilines is 1. The lowest BCUT2D eigenvalue weighted by Crippen LogP contribution is -2.35. The van der Waals surface area contributed by atoms with Crippen molar-refractivity contribution in [2.24, 2.45) is 0 Å². The summed E-state index contributed by atoms with van der Waals surface area (Å²) < 4.78 is 6.12. The molecule has 1 aliphatic rings. The fourth-order valence-electron chi connectivity index (χ4n) is 2.54. The third-order valence-electron chi connectivity index (χ3n) is 3.54. The normalized spacial score (nSPS) is 17.0. The Balaban J connectivity index is 1.98. The maximum absolute atomic E-state index is 9.02. The predicted octanol–water partition coefficient (Wildman–Crippen LogP) is 3.46. The van der Waals surface area contributed by atoms with Gasteiger partial charge < -0.3 is 9.64 Å². The van der Waals surface area contributed by atoms with Crippen LogP contribution in [0.25, 0.3) is 0 Å². The van der Waals surface area contributed by atoms with Crippen molar-refractivity contribution in [1.29, 1.82) is 5.26 Å². The molecule has 3 heteroatoms. The van der Waals surface area contributed by atoms with Gasteiger partial charge in [-0.15, -0.1) is 0 Å². The quantitative estimate of drug-likeness (QED) is 0.779. The number of aryl methyl sites for hydroxylation is 1. The Morgan fingerprint density at radius 3 is 2.80 bits per heavy atom. The van der Waals surface area contributed by atoms with E-state index in [0.29, 0.717) is 13.1 Å².